The lowest BCUT2D eigenvalue weighted by Gasteiger charge is -2.08. The third kappa shape index (κ3) is 5.07. The van der Waals surface area contributed by atoms with Crippen LogP contribution in [0.2, 0.25) is 0 Å². The Labute approximate surface area is 193 Å². The van der Waals surface area contributed by atoms with Crippen LogP contribution < -0.4 is 10.9 Å². The van der Waals surface area contributed by atoms with Gasteiger partial charge >= 0.3 is 0 Å². The second-order valence-corrected chi connectivity index (χ2v) is 7.54. The maximum absolute atomic E-state index is 13.9. The summed E-state index contributed by atoms with van der Waals surface area (Å²) in [5.74, 6) is -1.35. The zero-order chi connectivity index (χ0) is 24.1. The topological polar surface area (TPSA) is 130 Å². The number of carbonyl (C=O) groups is 2. The molecule has 2 heterocycles. The number of aryl methyl sites for hydroxylation is 1. The van der Waals surface area contributed by atoms with Gasteiger partial charge in [0.25, 0.3) is 11.6 Å². The van der Waals surface area contributed by atoms with Crippen LogP contribution in [0.1, 0.15) is 28.8 Å². The Morgan fingerprint density at radius 3 is 2.56 bits per heavy atom. The number of aromatic amines is 1. The second kappa shape index (κ2) is 9.90. The van der Waals surface area contributed by atoms with Crippen molar-refractivity contribution in [1.29, 1.82) is 0 Å². The number of pyridine rings is 1. The lowest BCUT2D eigenvalue weighted by Crippen LogP contribution is -2.41. The van der Waals surface area contributed by atoms with E-state index in [-0.39, 0.29) is 23.5 Å². The van der Waals surface area contributed by atoms with E-state index in [0.717, 1.165) is 22.2 Å². The van der Waals surface area contributed by atoms with Gasteiger partial charge in [0.2, 0.25) is 5.91 Å². The predicted octanol–water partition coefficient (Wildman–Crippen LogP) is 4.06. The molecule has 0 spiro atoms. The number of nitrogens with one attached hydrogen (secondary N) is 3. The summed E-state index contributed by atoms with van der Waals surface area (Å²) in [6.45, 7) is 0. The molecule has 0 saturated heterocycles. The maximum Gasteiger partial charge on any atom is 0.269 e. The summed E-state index contributed by atoms with van der Waals surface area (Å²) in [6, 6.07) is 15.0. The fourth-order valence-electron chi connectivity index (χ4n) is 3.63. The Kier molecular flexibility index (Phi) is 6.58. The first kappa shape index (κ1) is 22.6. The first-order valence-electron chi connectivity index (χ1n) is 10.5. The number of non-ortho nitro benzene ring substituents is 1. The first-order valence-corrected chi connectivity index (χ1v) is 10.5. The number of fused-ring (bicyclic) bond motifs is 1. The van der Waals surface area contributed by atoms with Crippen molar-refractivity contribution in [2.24, 2.45) is 0 Å². The molecule has 0 bridgehead atoms. The van der Waals surface area contributed by atoms with Crippen LogP contribution in [0.15, 0.2) is 66.9 Å². The molecular weight excluding hydrogens is 441 g/mol. The normalized spacial score (nSPS) is 10.7. The summed E-state index contributed by atoms with van der Waals surface area (Å²) < 4.78 is 13.9. The van der Waals surface area contributed by atoms with Crippen LogP contribution >= 0.6 is 0 Å². The van der Waals surface area contributed by atoms with Gasteiger partial charge in [-0.15, -0.1) is 0 Å². The molecule has 0 atom stereocenters. The third-order valence-electron chi connectivity index (χ3n) is 5.28. The summed E-state index contributed by atoms with van der Waals surface area (Å²) in [4.78, 5) is 42.1. The smallest absolute Gasteiger partial charge is 0.269 e. The molecule has 4 rings (SSSR count). The first-order chi connectivity index (χ1) is 16.4. The number of halogens is 1. The van der Waals surface area contributed by atoms with Crippen LogP contribution in [0.25, 0.3) is 22.3 Å². The van der Waals surface area contributed by atoms with E-state index in [1.807, 2.05) is 12.1 Å². The summed E-state index contributed by atoms with van der Waals surface area (Å²) in [6.07, 6.45) is 2.72. The average Bonchev–Trinajstić information content (AvgIpc) is 3.20. The Morgan fingerprint density at radius 1 is 1.06 bits per heavy atom. The summed E-state index contributed by atoms with van der Waals surface area (Å²) >= 11 is 0. The molecule has 0 fully saturated rings. The Bertz CT molecular complexity index is 1350. The number of hydrogen-bond acceptors (Lipinski definition) is 5. The van der Waals surface area contributed by atoms with Gasteiger partial charge in [-0.3, -0.25) is 35.5 Å². The van der Waals surface area contributed by atoms with Gasteiger partial charge < -0.3 is 4.98 Å². The number of amides is 2. The monoisotopic (exact) mass is 461 g/mol. The van der Waals surface area contributed by atoms with Crippen molar-refractivity contribution >= 4 is 28.4 Å². The zero-order valence-corrected chi connectivity index (χ0v) is 17.9. The van der Waals surface area contributed by atoms with Gasteiger partial charge in [-0.2, -0.15) is 0 Å². The van der Waals surface area contributed by atoms with E-state index in [9.17, 15) is 24.1 Å². The molecule has 3 N–H and O–H groups in total. The molecule has 2 amide bonds. The number of H-pyrrole nitrogens is 1. The van der Waals surface area contributed by atoms with E-state index in [1.165, 1.54) is 36.4 Å². The standard InChI is InChI=1S/C24H20FN5O4/c25-16-9-12-20-19(14-16)18(23(27-20)21-5-1-2-13-26-21)4-3-6-22(31)28-29-24(32)15-7-10-17(11-8-15)30(33)34/h1-2,5,7-14,27H,3-4,6H2,(H,28,31)(H,29,32). The molecule has 10 heteroatoms. The van der Waals surface area contributed by atoms with Crippen molar-refractivity contribution in [2.45, 2.75) is 19.3 Å². The Balaban J connectivity index is 1.38. The van der Waals surface area contributed by atoms with Crippen molar-refractivity contribution in [3.8, 4) is 11.4 Å². The van der Waals surface area contributed by atoms with E-state index in [2.05, 4.69) is 20.8 Å². The summed E-state index contributed by atoms with van der Waals surface area (Å²) in [7, 11) is 0. The largest absolute Gasteiger partial charge is 0.353 e. The number of nitro groups is 1. The minimum Gasteiger partial charge on any atom is -0.353 e. The van der Waals surface area contributed by atoms with Gasteiger partial charge in [-0.25, -0.2) is 4.39 Å². The van der Waals surface area contributed by atoms with Gasteiger partial charge in [0.15, 0.2) is 0 Å². The minimum atomic E-state index is -0.590. The molecule has 34 heavy (non-hydrogen) atoms. The molecule has 0 radical (unpaired) electrons. The lowest BCUT2D eigenvalue weighted by atomic mass is 10.0. The second-order valence-electron chi connectivity index (χ2n) is 7.54. The highest BCUT2D eigenvalue weighted by Gasteiger charge is 2.16. The van der Waals surface area contributed by atoms with Crippen molar-refractivity contribution < 1.29 is 18.9 Å². The third-order valence-corrected chi connectivity index (χ3v) is 5.28. The van der Waals surface area contributed by atoms with Crippen LogP contribution in [-0.4, -0.2) is 26.7 Å². The van der Waals surface area contributed by atoms with Crippen molar-refractivity contribution in [1.82, 2.24) is 20.8 Å². The van der Waals surface area contributed by atoms with E-state index in [0.29, 0.717) is 18.5 Å². The van der Waals surface area contributed by atoms with E-state index >= 15 is 0 Å². The molecule has 4 aromatic rings. The summed E-state index contributed by atoms with van der Waals surface area (Å²) in [5.41, 5.74) is 7.79. The quantitative estimate of drug-likeness (QED) is 0.282. The van der Waals surface area contributed by atoms with Crippen molar-refractivity contribution in [2.75, 3.05) is 0 Å². The Hall–Kier alpha value is -4.60. The highest BCUT2D eigenvalue weighted by atomic mass is 19.1. The van der Waals surface area contributed by atoms with Crippen LogP contribution in [-0.2, 0) is 11.2 Å². The number of hydrazine groups is 1. The molecule has 172 valence electrons. The lowest BCUT2D eigenvalue weighted by molar-refractivity contribution is -0.384. The molecule has 0 unspecified atom stereocenters. The van der Waals surface area contributed by atoms with Crippen LogP contribution in [0.5, 0.6) is 0 Å². The SMILES string of the molecule is O=C(CCCc1c(-c2ccccn2)[nH]c2ccc(F)cc12)NNC(=O)c1ccc([N+](=O)[O-])cc1. The molecule has 0 aliphatic carbocycles. The fraction of sp³-hybridized carbons (Fsp3) is 0.125. The molecule has 9 nitrogen and oxygen atoms in total. The average molecular weight is 461 g/mol. The van der Waals surface area contributed by atoms with Crippen molar-refractivity contribution in [3.63, 3.8) is 0 Å². The van der Waals surface area contributed by atoms with E-state index in [4.69, 9.17) is 0 Å². The van der Waals surface area contributed by atoms with Crippen LogP contribution in [0.4, 0.5) is 10.1 Å². The number of nitro benzene ring substituents is 1. The number of nitrogens with zero attached hydrogens (tertiary/aromatic N) is 2. The zero-order valence-electron chi connectivity index (χ0n) is 17.9. The highest BCUT2D eigenvalue weighted by Crippen LogP contribution is 2.31. The number of carbonyl (C=O) groups excluding carboxylic acids is 2. The van der Waals surface area contributed by atoms with Gasteiger partial charge in [-0.05, 0) is 60.9 Å². The van der Waals surface area contributed by atoms with Gasteiger partial charge in [0.1, 0.15) is 5.82 Å². The fourth-order valence-corrected chi connectivity index (χ4v) is 3.63. The molecule has 2 aromatic carbocycles. The number of rotatable bonds is 7. The number of hydrogen-bond donors (Lipinski definition) is 3. The molecular formula is C24H20FN5O4. The number of aromatic nitrogens is 2. The van der Waals surface area contributed by atoms with Gasteiger partial charge in [0, 0.05) is 41.2 Å². The van der Waals surface area contributed by atoms with E-state index < -0.39 is 16.7 Å². The molecule has 0 saturated carbocycles. The van der Waals surface area contributed by atoms with Crippen LogP contribution in [0.3, 0.4) is 0 Å². The maximum atomic E-state index is 13.9. The molecule has 0 aliphatic rings. The van der Waals surface area contributed by atoms with Crippen LogP contribution in [0, 0.1) is 15.9 Å². The Morgan fingerprint density at radius 2 is 1.85 bits per heavy atom. The molecule has 0 aliphatic heterocycles. The minimum absolute atomic E-state index is 0.115. The number of benzene rings is 2. The van der Waals surface area contributed by atoms with Gasteiger partial charge in [-0.1, -0.05) is 6.07 Å². The predicted molar refractivity (Wildman–Crippen MR) is 123 cm³/mol. The highest BCUT2D eigenvalue weighted by molar-refractivity contribution is 5.95. The summed E-state index contributed by atoms with van der Waals surface area (Å²) in [5, 5.41) is 11.4. The van der Waals surface area contributed by atoms with Gasteiger partial charge in [0.05, 0.1) is 16.3 Å². The van der Waals surface area contributed by atoms with Crippen molar-refractivity contribution in [3.05, 3.63) is 93.9 Å². The molecule has 2 aromatic heterocycles. The van der Waals surface area contributed by atoms with E-state index in [1.54, 1.807) is 18.3 Å².